The van der Waals surface area contributed by atoms with E-state index in [0.717, 1.165) is 11.1 Å². The van der Waals surface area contributed by atoms with Gasteiger partial charge >= 0.3 is 0 Å². The fourth-order valence-electron chi connectivity index (χ4n) is 2.11. The number of nitrogens with zero attached hydrogens (tertiary/aromatic N) is 1. The van der Waals surface area contributed by atoms with Crippen molar-refractivity contribution in [2.75, 3.05) is 0 Å². The molecule has 0 fully saturated rings. The molecule has 2 aromatic rings. The standard InChI is InChI=1S/C18H20N2O3/c1-12-8-13(2)10-16(9-12)23-14(3)18(22)20-19-11-15-6-4-5-7-17(15)21/h4-11,14,21H,1-3H3,(H,20,22)/t14-/m1/s1. The lowest BCUT2D eigenvalue weighted by molar-refractivity contribution is -0.127. The van der Waals surface area contributed by atoms with Gasteiger partial charge in [-0.05, 0) is 56.2 Å². The minimum absolute atomic E-state index is 0.102. The molecule has 23 heavy (non-hydrogen) atoms. The fraction of sp³-hybridized carbons (Fsp3) is 0.222. The number of hydrogen-bond acceptors (Lipinski definition) is 4. The normalized spacial score (nSPS) is 12.1. The molecule has 0 saturated heterocycles. The summed E-state index contributed by atoms with van der Waals surface area (Å²) >= 11 is 0. The summed E-state index contributed by atoms with van der Waals surface area (Å²) in [5, 5.41) is 13.4. The highest BCUT2D eigenvalue weighted by Gasteiger charge is 2.14. The molecule has 5 heteroatoms. The average molecular weight is 312 g/mol. The monoisotopic (exact) mass is 312 g/mol. The zero-order valence-electron chi connectivity index (χ0n) is 13.4. The van der Waals surface area contributed by atoms with Crippen molar-refractivity contribution in [2.24, 2.45) is 5.10 Å². The molecule has 120 valence electrons. The van der Waals surface area contributed by atoms with Gasteiger partial charge in [-0.2, -0.15) is 5.10 Å². The summed E-state index contributed by atoms with van der Waals surface area (Å²) in [5.74, 6) is 0.385. The van der Waals surface area contributed by atoms with E-state index in [1.165, 1.54) is 6.21 Å². The van der Waals surface area contributed by atoms with Crippen LogP contribution in [0.2, 0.25) is 0 Å². The van der Waals surface area contributed by atoms with Gasteiger partial charge in [-0.1, -0.05) is 18.2 Å². The maximum atomic E-state index is 12.0. The Hall–Kier alpha value is -2.82. The number of phenolic OH excluding ortho intramolecular Hbond substituents is 1. The van der Waals surface area contributed by atoms with Gasteiger partial charge in [0.05, 0.1) is 6.21 Å². The Morgan fingerprint density at radius 3 is 2.52 bits per heavy atom. The van der Waals surface area contributed by atoms with E-state index in [2.05, 4.69) is 10.5 Å². The number of amides is 1. The van der Waals surface area contributed by atoms with Crippen molar-refractivity contribution < 1.29 is 14.6 Å². The lowest BCUT2D eigenvalue weighted by Crippen LogP contribution is -2.33. The van der Waals surface area contributed by atoms with E-state index in [1.807, 2.05) is 32.0 Å². The quantitative estimate of drug-likeness (QED) is 0.659. The predicted molar refractivity (Wildman–Crippen MR) is 89.8 cm³/mol. The van der Waals surface area contributed by atoms with Gasteiger partial charge in [0, 0.05) is 5.56 Å². The third-order valence-electron chi connectivity index (χ3n) is 3.19. The van der Waals surface area contributed by atoms with Crippen LogP contribution in [0.5, 0.6) is 11.5 Å². The molecule has 2 rings (SSSR count). The fourth-order valence-corrected chi connectivity index (χ4v) is 2.11. The highest BCUT2D eigenvalue weighted by atomic mass is 16.5. The second kappa shape index (κ2) is 7.45. The van der Waals surface area contributed by atoms with E-state index in [9.17, 15) is 9.90 Å². The van der Waals surface area contributed by atoms with Crippen LogP contribution in [0.1, 0.15) is 23.6 Å². The predicted octanol–water partition coefficient (Wildman–Crippen LogP) is 2.93. The third-order valence-corrected chi connectivity index (χ3v) is 3.19. The summed E-state index contributed by atoms with van der Waals surface area (Å²) in [6.07, 6.45) is 0.703. The van der Waals surface area contributed by atoms with Crippen LogP contribution in [0, 0.1) is 13.8 Å². The van der Waals surface area contributed by atoms with Crippen molar-refractivity contribution in [3.05, 3.63) is 59.2 Å². The molecule has 1 amide bonds. The average Bonchev–Trinajstić information content (AvgIpc) is 2.48. The topological polar surface area (TPSA) is 70.9 Å². The van der Waals surface area contributed by atoms with E-state index < -0.39 is 6.10 Å². The van der Waals surface area contributed by atoms with Crippen LogP contribution in [0.3, 0.4) is 0 Å². The lowest BCUT2D eigenvalue weighted by Gasteiger charge is -2.14. The summed E-state index contributed by atoms with van der Waals surface area (Å²) in [4.78, 5) is 12.0. The van der Waals surface area contributed by atoms with E-state index in [-0.39, 0.29) is 11.7 Å². The third kappa shape index (κ3) is 4.85. The molecule has 0 heterocycles. The number of aromatic hydroxyl groups is 1. The Bertz CT molecular complexity index is 706. The van der Waals surface area contributed by atoms with E-state index in [0.29, 0.717) is 11.3 Å². The van der Waals surface area contributed by atoms with Crippen LogP contribution in [-0.2, 0) is 4.79 Å². The van der Waals surface area contributed by atoms with Crippen molar-refractivity contribution in [3.8, 4) is 11.5 Å². The van der Waals surface area contributed by atoms with Gasteiger partial charge in [0.2, 0.25) is 0 Å². The van der Waals surface area contributed by atoms with Gasteiger partial charge in [-0.3, -0.25) is 4.79 Å². The van der Waals surface area contributed by atoms with Gasteiger partial charge < -0.3 is 9.84 Å². The highest BCUT2D eigenvalue weighted by molar-refractivity contribution is 5.86. The number of ether oxygens (including phenoxy) is 1. The first-order valence-electron chi connectivity index (χ1n) is 7.31. The minimum atomic E-state index is -0.683. The van der Waals surface area contributed by atoms with Gasteiger partial charge in [0.25, 0.3) is 5.91 Å². The van der Waals surface area contributed by atoms with Crippen LogP contribution in [0.25, 0.3) is 0 Å². The zero-order chi connectivity index (χ0) is 16.8. The van der Waals surface area contributed by atoms with Gasteiger partial charge in [-0.25, -0.2) is 5.43 Å². The number of phenols is 1. The molecule has 0 aliphatic carbocycles. The molecule has 0 saturated carbocycles. The van der Waals surface area contributed by atoms with Crippen molar-refractivity contribution >= 4 is 12.1 Å². The van der Waals surface area contributed by atoms with Crippen molar-refractivity contribution in [1.82, 2.24) is 5.43 Å². The van der Waals surface area contributed by atoms with Crippen LogP contribution in [0.4, 0.5) is 0 Å². The number of carbonyl (C=O) groups is 1. The molecule has 0 aliphatic rings. The zero-order valence-corrected chi connectivity index (χ0v) is 13.4. The molecule has 1 atom stereocenters. The summed E-state index contributed by atoms with van der Waals surface area (Å²) in [5.41, 5.74) is 5.07. The van der Waals surface area contributed by atoms with Gasteiger partial charge in [-0.15, -0.1) is 0 Å². The van der Waals surface area contributed by atoms with Gasteiger partial charge in [0.1, 0.15) is 11.5 Å². The molecule has 0 bridgehead atoms. The number of carbonyl (C=O) groups excluding carboxylic acids is 1. The number of hydrazone groups is 1. The van der Waals surface area contributed by atoms with Crippen LogP contribution in [0.15, 0.2) is 47.6 Å². The number of hydrogen-bond donors (Lipinski definition) is 2. The van der Waals surface area contributed by atoms with E-state index in [1.54, 1.807) is 31.2 Å². The van der Waals surface area contributed by atoms with Crippen LogP contribution < -0.4 is 10.2 Å². The first-order valence-corrected chi connectivity index (χ1v) is 7.31. The smallest absolute Gasteiger partial charge is 0.280 e. The van der Waals surface area contributed by atoms with Crippen LogP contribution >= 0.6 is 0 Å². The molecule has 0 radical (unpaired) electrons. The maximum Gasteiger partial charge on any atom is 0.280 e. The Labute approximate surface area is 135 Å². The Balaban J connectivity index is 1.93. The van der Waals surface area contributed by atoms with Gasteiger partial charge in [0.15, 0.2) is 6.10 Å². The van der Waals surface area contributed by atoms with E-state index in [4.69, 9.17) is 4.74 Å². The number of aryl methyl sites for hydroxylation is 2. The first kappa shape index (κ1) is 16.5. The summed E-state index contributed by atoms with van der Waals surface area (Å²) in [7, 11) is 0. The van der Waals surface area contributed by atoms with Crippen LogP contribution in [-0.4, -0.2) is 23.3 Å². The summed E-state index contributed by atoms with van der Waals surface area (Å²) < 4.78 is 5.63. The second-order valence-electron chi connectivity index (χ2n) is 5.38. The lowest BCUT2D eigenvalue weighted by atomic mass is 10.1. The SMILES string of the molecule is Cc1cc(C)cc(O[C@H](C)C(=O)NN=Cc2ccccc2O)c1. The number of para-hydroxylation sites is 1. The Kier molecular flexibility index (Phi) is 5.36. The van der Waals surface area contributed by atoms with E-state index >= 15 is 0 Å². The molecule has 5 nitrogen and oxygen atoms in total. The molecular weight excluding hydrogens is 292 g/mol. The second-order valence-corrected chi connectivity index (χ2v) is 5.38. The summed E-state index contributed by atoms with van der Waals surface area (Å²) in [6.45, 7) is 5.60. The summed E-state index contributed by atoms with van der Waals surface area (Å²) in [6, 6.07) is 12.5. The maximum absolute atomic E-state index is 12.0. The first-order chi connectivity index (χ1) is 11.0. The highest BCUT2D eigenvalue weighted by Crippen LogP contribution is 2.17. The number of nitrogens with one attached hydrogen (secondary N) is 1. The Morgan fingerprint density at radius 2 is 1.87 bits per heavy atom. The molecule has 0 unspecified atom stereocenters. The Morgan fingerprint density at radius 1 is 1.22 bits per heavy atom. The minimum Gasteiger partial charge on any atom is -0.507 e. The molecule has 2 aromatic carbocycles. The molecule has 0 aromatic heterocycles. The number of benzene rings is 2. The molecule has 0 spiro atoms. The number of rotatable bonds is 5. The van der Waals surface area contributed by atoms with Crippen molar-refractivity contribution in [1.29, 1.82) is 0 Å². The van der Waals surface area contributed by atoms with Crippen molar-refractivity contribution in [3.63, 3.8) is 0 Å². The molecular formula is C18H20N2O3. The largest absolute Gasteiger partial charge is 0.507 e. The molecule has 0 aliphatic heterocycles. The molecule has 2 N–H and O–H groups in total. The van der Waals surface area contributed by atoms with Crippen molar-refractivity contribution in [2.45, 2.75) is 26.9 Å².